The minimum absolute atomic E-state index is 0.363. The second-order valence-corrected chi connectivity index (χ2v) is 6.70. The number of rotatable bonds is 8. The maximum absolute atomic E-state index is 6.32. The number of hydrogen-bond donors (Lipinski definition) is 1. The van der Waals surface area contributed by atoms with Crippen LogP contribution in [0.15, 0.2) is 0 Å². The molecule has 2 rings (SSSR count). The third kappa shape index (κ3) is 5.05. The zero-order chi connectivity index (χ0) is 13.7. The molecule has 19 heavy (non-hydrogen) atoms. The first-order valence-electron chi connectivity index (χ1n) is 8.24. The van der Waals surface area contributed by atoms with Crippen LogP contribution in [0.3, 0.4) is 0 Å². The Hall–Kier alpha value is -0.120. The summed E-state index contributed by atoms with van der Waals surface area (Å²) in [7, 11) is 2.22. The van der Waals surface area contributed by atoms with Crippen LogP contribution in [-0.4, -0.2) is 43.8 Å². The van der Waals surface area contributed by atoms with Gasteiger partial charge in [-0.1, -0.05) is 19.8 Å². The molecule has 0 aromatic heterocycles. The van der Waals surface area contributed by atoms with Gasteiger partial charge in [-0.05, 0) is 51.0 Å². The van der Waals surface area contributed by atoms with Gasteiger partial charge in [0.15, 0.2) is 0 Å². The highest BCUT2D eigenvalue weighted by molar-refractivity contribution is 4.88. The Labute approximate surface area is 118 Å². The maximum Gasteiger partial charge on any atom is 0.0593 e. The molecule has 3 nitrogen and oxygen atoms in total. The number of nitrogens with zero attached hydrogens (tertiary/aromatic N) is 1. The van der Waals surface area contributed by atoms with Crippen LogP contribution in [-0.2, 0) is 4.74 Å². The van der Waals surface area contributed by atoms with Crippen LogP contribution in [0.4, 0.5) is 0 Å². The van der Waals surface area contributed by atoms with Gasteiger partial charge in [0, 0.05) is 25.2 Å². The Morgan fingerprint density at radius 2 is 1.89 bits per heavy atom. The predicted molar refractivity (Wildman–Crippen MR) is 80.2 cm³/mol. The van der Waals surface area contributed by atoms with Crippen molar-refractivity contribution in [3.8, 4) is 0 Å². The summed E-state index contributed by atoms with van der Waals surface area (Å²) in [5.41, 5.74) is 6.32. The van der Waals surface area contributed by atoms with Gasteiger partial charge >= 0.3 is 0 Å². The molecule has 2 fully saturated rings. The molecule has 0 radical (unpaired) electrons. The molecule has 2 aliphatic rings. The molecule has 0 aromatic carbocycles. The molecular weight excluding hydrogens is 236 g/mol. The van der Waals surface area contributed by atoms with Crippen LogP contribution < -0.4 is 5.73 Å². The van der Waals surface area contributed by atoms with Gasteiger partial charge in [0.1, 0.15) is 0 Å². The summed E-state index contributed by atoms with van der Waals surface area (Å²) in [4.78, 5) is 2.44. The van der Waals surface area contributed by atoms with E-state index in [1.54, 1.807) is 0 Å². The monoisotopic (exact) mass is 268 g/mol. The molecule has 2 aliphatic carbocycles. The van der Waals surface area contributed by atoms with E-state index < -0.39 is 0 Å². The summed E-state index contributed by atoms with van der Waals surface area (Å²) in [6, 6.07) is 0.927. The Morgan fingerprint density at radius 1 is 1.16 bits per heavy atom. The van der Waals surface area contributed by atoms with Gasteiger partial charge in [0.25, 0.3) is 0 Å². The van der Waals surface area contributed by atoms with Crippen LogP contribution in [0.1, 0.15) is 51.9 Å². The smallest absolute Gasteiger partial charge is 0.0593 e. The van der Waals surface area contributed by atoms with Crippen molar-refractivity contribution in [3.63, 3.8) is 0 Å². The lowest BCUT2D eigenvalue weighted by Gasteiger charge is -2.39. The van der Waals surface area contributed by atoms with E-state index in [1.165, 1.54) is 44.9 Å². The number of likely N-dealkylation sites (N-methyl/N-ethyl adjacent to an activating group) is 1. The van der Waals surface area contributed by atoms with Crippen LogP contribution >= 0.6 is 0 Å². The van der Waals surface area contributed by atoms with E-state index in [2.05, 4.69) is 18.9 Å². The van der Waals surface area contributed by atoms with E-state index in [-0.39, 0.29) is 0 Å². The lowest BCUT2D eigenvalue weighted by molar-refractivity contribution is 0.0699. The van der Waals surface area contributed by atoms with E-state index >= 15 is 0 Å². The topological polar surface area (TPSA) is 38.5 Å². The molecule has 0 spiro atoms. The molecule has 3 atom stereocenters. The van der Waals surface area contributed by atoms with Crippen LogP contribution in [0.2, 0.25) is 0 Å². The molecule has 0 saturated heterocycles. The summed E-state index contributed by atoms with van der Waals surface area (Å²) in [5.74, 6) is 1.76. The quantitative estimate of drug-likeness (QED) is 0.688. The molecule has 0 heterocycles. The minimum atomic E-state index is 0.363. The highest BCUT2D eigenvalue weighted by Gasteiger charge is 2.30. The van der Waals surface area contributed by atoms with E-state index in [0.29, 0.717) is 12.1 Å². The van der Waals surface area contributed by atoms with Crippen molar-refractivity contribution >= 4 is 0 Å². The van der Waals surface area contributed by atoms with Gasteiger partial charge in [-0.2, -0.15) is 0 Å². The van der Waals surface area contributed by atoms with E-state index in [1.807, 2.05) is 0 Å². The van der Waals surface area contributed by atoms with E-state index in [4.69, 9.17) is 10.5 Å². The van der Waals surface area contributed by atoms with Gasteiger partial charge < -0.3 is 10.5 Å². The van der Waals surface area contributed by atoms with Crippen molar-refractivity contribution in [2.45, 2.75) is 64.0 Å². The summed E-state index contributed by atoms with van der Waals surface area (Å²) in [6.45, 7) is 5.17. The lowest BCUT2D eigenvalue weighted by atomic mass is 9.80. The van der Waals surface area contributed by atoms with Crippen molar-refractivity contribution in [1.82, 2.24) is 4.90 Å². The van der Waals surface area contributed by atoms with Gasteiger partial charge in [-0.25, -0.2) is 0 Å². The molecule has 0 aliphatic heterocycles. The van der Waals surface area contributed by atoms with Crippen LogP contribution in [0.5, 0.6) is 0 Å². The second kappa shape index (κ2) is 7.61. The zero-order valence-corrected chi connectivity index (χ0v) is 12.8. The highest BCUT2D eigenvalue weighted by Crippen LogP contribution is 2.30. The Bertz CT molecular complexity index is 255. The maximum atomic E-state index is 6.32. The van der Waals surface area contributed by atoms with E-state index in [0.717, 1.165) is 31.6 Å². The summed E-state index contributed by atoms with van der Waals surface area (Å²) in [6.07, 6.45) is 9.24. The average molecular weight is 268 g/mol. The number of ether oxygens (including phenoxy) is 1. The highest BCUT2D eigenvalue weighted by atomic mass is 16.5. The van der Waals surface area contributed by atoms with Gasteiger partial charge in [-0.15, -0.1) is 0 Å². The average Bonchev–Trinajstić information content (AvgIpc) is 3.21. The molecule has 0 aromatic rings. The molecule has 112 valence electrons. The second-order valence-electron chi connectivity index (χ2n) is 6.70. The van der Waals surface area contributed by atoms with Crippen molar-refractivity contribution in [2.75, 3.05) is 26.8 Å². The normalized spacial score (nSPS) is 31.9. The molecule has 2 N–H and O–H groups in total. The molecule has 0 bridgehead atoms. The van der Waals surface area contributed by atoms with Gasteiger partial charge in [0.2, 0.25) is 0 Å². The van der Waals surface area contributed by atoms with Gasteiger partial charge in [-0.3, -0.25) is 4.90 Å². The van der Waals surface area contributed by atoms with Crippen molar-refractivity contribution in [2.24, 2.45) is 17.6 Å². The summed E-state index contributed by atoms with van der Waals surface area (Å²) in [5, 5.41) is 0. The van der Waals surface area contributed by atoms with Crippen molar-refractivity contribution in [1.29, 1.82) is 0 Å². The first kappa shape index (κ1) is 15.3. The third-order valence-electron chi connectivity index (χ3n) is 4.88. The predicted octanol–water partition coefficient (Wildman–Crippen LogP) is 2.64. The number of nitrogens with two attached hydrogens (primary N) is 1. The zero-order valence-electron chi connectivity index (χ0n) is 12.8. The fourth-order valence-electron chi connectivity index (χ4n) is 3.34. The lowest BCUT2D eigenvalue weighted by Crippen LogP contribution is -2.50. The Kier molecular flexibility index (Phi) is 6.11. The van der Waals surface area contributed by atoms with Crippen molar-refractivity contribution in [3.05, 3.63) is 0 Å². The molecule has 0 amide bonds. The molecule has 3 unspecified atom stereocenters. The van der Waals surface area contributed by atoms with E-state index in [9.17, 15) is 0 Å². The van der Waals surface area contributed by atoms with Crippen LogP contribution in [0, 0.1) is 11.8 Å². The molecular formula is C16H32N2O. The van der Waals surface area contributed by atoms with Crippen molar-refractivity contribution < 1.29 is 4.74 Å². The third-order valence-corrected chi connectivity index (χ3v) is 4.88. The fourth-order valence-corrected chi connectivity index (χ4v) is 3.34. The minimum Gasteiger partial charge on any atom is -0.380 e. The first-order chi connectivity index (χ1) is 9.20. The molecule has 3 heteroatoms. The van der Waals surface area contributed by atoms with Gasteiger partial charge in [0.05, 0.1) is 6.61 Å². The molecule has 2 saturated carbocycles. The standard InChI is InChI=1S/C16H32N2O/c1-3-4-13-7-8-15(17)16(11-13)18(2)9-10-19-12-14-5-6-14/h13-16H,3-12,17H2,1-2H3. The first-order valence-corrected chi connectivity index (χ1v) is 8.24. The fraction of sp³-hybridized carbons (Fsp3) is 1.00. The van der Waals surface area contributed by atoms with Crippen LogP contribution in [0.25, 0.3) is 0 Å². The summed E-state index contributed by atoms with van der Waals surface area (Å²) >= 11 is 0. The SMILES string of the molecule is CCCC1CCC(N)C(N(C)CCOCC2CC2)C1. The Morgan fingerprint density at radius 3 is 2.58 bits per heavy atom. The Balaban J connectivity index is 1.67. The number of hydrogen-bond acceptors (Lipinski definition) is 3. The summed E-state index contributed by atoms with van der Waals surface area (Å²) < 4.78 is 5.75. The largest absolute Gasteiger partial charge is 0.380 e.